The maximum absolute atomic E-state index is 12.7. The first-order chi connectivity index (χ1) is 11.6. The third-order valence-corrected chi connectivity index (χ3v) is 4.75. The van der Waals surface area contributed by atoms with Crippen LogP contribution in [0.5, 0.6) is 0 Å². The van der Waals surface area contributed by atoms with E-state index in [4.69, 9.17) is 17.5 Å². The molecule has 3 rings (SSSR count). The molecule has 1 amide bonds. The molecule has 1 N–H and O–H groups in total. The quantitative estimate of drug-likeness (QED) is 0.871. The second-order valence-electron chi connectivity index (χ2n) is 5.91. The molecule has 7 heteroatoms. The summed E-state index contributed by atoms with van der Waals surface area (Å²) in [4.78, 5) is 14.6. The van der Waals surface area contributed by atoms with Gasteiger partial charge in [0.1, 0.15) is 5.82 Å². The molecule has 0 aliphatic carbocycles. The van der Waals surface area contributed by atoms with Gasteiger partial charge in [-0.1, -0.05) is 0 Å². The van der Waals surface area contributed by atoms with E-state index in [0.29, 0.717) is 22.4 Å². The van der Waals surface area contributed by atoms with Crippen LogP contribution >= 0.6 is 12.2 Å². The summed E-state index contributed by atoms with van der Waals surface area (Å²) in [5.41, 5.74) is 1.17. The van der Waals surface area contributed by atoms with Crippen LogP contribution in [-0.2, 0) is 6.54 Å². The summed E-state index contributed by atoms with van der Waals surface area (Å²) in [5, 5.41) is 16.1. The van der Waals surface area contributed by atoms with E-state index in [1.165, 1.54) is 0 Å². The van der Waals surface area contributed by atoms with E-state index >= 15 is 0 Å². The highest BCUT2D eigenvalue weighted by Gasteiger charge is 2.28. The third-order valence-electron chi connectivity index (χ3n) is 4.44. The van der Waals surface area contributed by atoms with E-state index in [2.05, 4.69) is 16.3 Å². The average Bonchev–Trinajstić information content (AvgIpc) is 3.02. The summed E-state index contributed by atoms with van der Waals surface area (Å²) in [7, 11) is 0. The van der Waals surface area contributed by atoms with Gasteiger partial charge in [0.25, 0.3) is 5.91 Å². The minimum Gasteiger partial charge on any atom is -0.338 e. The number of H-pyrrole nitrogens is 1. The van der Waals surface area contributed by atoms with Gasteiger partial charge in [0.2, 0.25) is 0 Å². The van der Waals surface area contributed by atoms with Crippen LogP contribution in [0.25, 0.3) is 0 Å². The Kier molecular flexibility index (Phi) is 4.76. The fourth-order valence-corrected chi connectivity index (χ4v) is 3.46. The van der Waals surface area contributed by atoms with Crippen LogP contribution in [0.4, 0.5) is 0 Å². The normalized spacial score (nSPS) is 17.5. The molecule has 0 bridgehead atoms. The van der Waals surface area contributed by atoms with Crippen molar-refractivity contribution in [1.82, 2.24) is 19.7 Å². The smallest absolute Gasteiger partial charge is 0.253 e. The van der Waals surface area contributed by atoms with Gasteiger partial charge >= 0.3 is 0 Å². The van der Waals surface area contributed by atoms with Gasteiger partial charge in [-0.05, 0) is 56.2 Å². The first-order valence-corrected chi connectivity index (χ1v) is 8.49. The van der Waals surface area contributed by atoms with Gasteiger partial charge in [-0.3, -0.25) is 9.89 Å². The van der Waals surface area contributed by atoms with Gasteiger partial charge in [-0.2, -0.15) is 10.4 Å². The van der Waals surface area contributed by atoms with Gasteiger partial charge in [0.15, 0.2) is 4.77 Å². The number of aromatic nitrogens is 3. The second-order valence-corrected chi connectivity index (χ2v) is 6.30. The van der Waals surface area contributed by atoms with Crippen molar-refractivity contribution in [2.45, 2.75) is 32.2 Å². The lowest BCUT2D eigenvalue weighted by Crippen LogP contribution is -2.39. The Morgan fingerprint density at radius 2 is 2.21 bits per heavy atom. The maximum atomic E-state index is 12.7. The molecule has 1 aromatic carbocycles. The molecule has 0 spiro atoms. The number of carbonyl (C=O) groups is 1. The Labute approximate surface area is 145 Å². The lowest BCUT2D eigenvalue weighted by atomic mass is 9.96. The third kappa shape index (κ3) is 3.10. The van der Waals surface area contributed by atoms with E-state index < -0.39 is 0 Å². The summed E-state index contributed by atoms with van der Waals surface area (Å²) in [6.07, 6.45) is 1.94. The van der Waals surface area contributed by atoms with Gasteiger partial charge in [0.05, 0.1) is 11.6 Å². The largest absolute Gasteiger partial charge is 0.338 e. The van der Waals surface area contributed by atoms with E-state index in [1.54, 1.807) is 24.3 Å². The number of aromatic amines is 1. The number of benzene rings is 1. The maximum Gasteiger partial charge on any atom is 0.253 e. The number of hydrogen-bond donors (Lipinski definition) is 1. The molecule has 2 heterocycles. The molecule has 1 fully saturated rings. The zero-order valence-electron chi connectivity index (χ0n) is 13.5. The number of nitrogens with one attached hydrogen (secondary N) is 1. The zero-order chi connectivity index (χ0) is 17.1. The van der Waals surface area contributed by atoms with Gasteiger partial charge in [0, 0.05) is 31.1 Å². The Balaban J connectivity index is 1.78. The number of rotatable bonds is 3. The molecule has 1 saturated heterocycles. The molecule has 0 radical (unpaired) electrons. The summed E-state index contributed by atoms with van der Waals surface area (Å²) < 4.78 is 2.62. The SMILES string of the molecule is CCn1c(C2CCCN(C(=O)c3ccc(C#N)cc3)C2)n[nH]c1=S. The van der Waals surface area contributed by atoms with Crippen molar-refractivity contribution >= 4 is 18.1 Å². The predicted octanol–water partition coefficient (Wildman–Crippen LogP) is 2.85. The van der Waals surface area contributed by atoms with Crippen molar-refractivity contribution in [2.75, 3.05) is 13.1 Å². The van der Waals surface area contributed by atoms with E-state index in [9.17, 15) is 4.79 Å². The monoisotopic (exact) mass is 341 g/mol. The van der Waals surface area contributed by atoms with Crippen molar-refractivity contribution in [3.63, 3.8) is 0 Å². The zero-order valence-corrected chi connectivity index (χ0v) is 14.3. The molecule has 0 saturated carbocycles. The van der Waals surface area contributed by atoms with Gasteiger partial charge in [-0.25, -0.2) is 0 Å². The molecule has 1 unspecified atom stereocenters. The summed E-state index contributed by atoms with van der Waals surface area (Å²) in [5.74, 6) is 1.12. The van der Waals surface area contributed by atoms with Crippen LogP contribution in [-0.4, -0.2) is 38.7 Å². The van der Waals surface area contributed by atoms with Crippen LogP contribution in [0.15, 0.2) is 24.3 Å². The summed E-state index contributed by atoms with van der Waals surface area (Å²) >= 11 is 5.26. The summed E-state index contributed by atoms with van der Waals surface area (Å²) in [6, 6.07) is 8.85. The van der Waals surface area contributed by atoms with Crippen molar-refractivity contribution in [2.24, 2.45) is 0 Å². The molecular weight excluding hydrogens is 322 g/mol. The highest BCUT2D eigenvalue weighted by atomic mass is 32.1. The van der Waals surface area contributed by atoms with Crippen LogP contribution in [0.3, 0.4) is 0 Å². The fourth-order valence-electron chi connectivity index (χ4n) is 3.19. The van der Waals surface area contributed by atoms with Gasteiger partial charge < -0.3 is 9.47 Å². The first-order valence-electron chi connectivity index (χ1n) is 8.08. The van der Waals surface area contributed by atoms with Crippen molar-refractivity contribution in [3.8, 4) is 6.07 Å². The molecule has 1 aliphatic rings. The standard InChI is InChI=1S/C17H19N5OS/c1-2-22-15(19-20-17(22)24)14-4-3-9-21(11-14)16(23)13-7-5-12(10-18)6-8-13/h5-8,14H,2-4,9,11H2,1H3,(H,20,24). The van der Waals surface area contributed by atoms with Crippen LogP contribution in [0.1, 0.15) is 47.4 Å². The Morgan fingerprint density at radius 3 is 2.88 bits per heavy atom. The Morgan fingerprint density at radius 1 is 1.46 bits per heavy atom. The lowest BCUT2D eigenvalue weighted by Gasteiger charge is -2.32. The van der Waals surface area contributed by atoms with Crippen molar-refractivity contribution < 1.29 is 4.79 Å². The summed E-state index contributed by atoms with van der Waals surface area (Å²) in [6.45, 7) is 4.19. The molecule has 2 aromatic rings. The average molecular weight is 341 g/mol. The van der Waals surface area contributed by atoms with Gasteiger partial charge in [-0.15, -0.1) is 0 Å². The van der Waals surface area contributed by atoms with Crippen LogP contribution in [0, 0.1) is 16.1 Å². The Hall–Kier alpha value is -2.46. The minimum absolute atomic E-state index is 0.00127. The van der Waals surface area contributed by atoms with Crippen LogP contribution in [0.2, 0.25) is 0 Å². The first kappa shape index (κ1) is 16.4. The molecule has 24 heavy (non-hydrogen) atoms. The fraction of sp³-hybridized carbons (Fsp3) is 0.412. The number of piperidine rings is 1. The Bertz CT molecular complexity index is 830. The number of likely N-dealkylation sites (tertiary alicyclic amines) is 1. The molecule has 1 aliphatic heterocycles. The number of nitriles is 1. The number of hydrogen-bond acceptors (Lipinski definition) is 4. The highest BCUT2D eigenvalue weighted by molar-refractivity contribution is 7.71. The highest BCUT2D eigenvalue weighted by Crippen LogP contribution is 2.26. The molecule has 124 valence electrons. The number of carbonyl (C=O) groups excluding carboxylic acids is 1. The number of nitrogens with zero attached hydrogens (tertiary/aromatic N) is 4. The molecule has 1 aromatic heterocycles. The number of amides is 1. The second kappa shape index (κ2) is 6.97. The van der Waals surface area contributed by atoms with Crippen LogP contribution < -0.4 is 0 Å². The van der Waals surface area contributed by atoms with E-state index in [1.807, 2.05) is 16.4 Å². The molecular formula is C17H19N5OS. The van der Waals surface area contributed by atoms with Crippen molar-refractivity contribution in [3.05, 3.63) is 46.0 Å². The predicted molar refractivity (Wildman–Crippen MR) is 92.1 cm³/mol. The molecule has 1 atom stereocenters. The van der Waals surface area contributed by atoms with E-state index in [0.717, 1.165) is 31.8 Å². The lowest BCUT2D eigenvalue weighted by molar-refractivity contribution is 0.0703. The molecule has 6 nitrogen and oxygen atoms in total. The topological polar surface area (TPSA) is 77.7 Å². The van der Waals surface area contributed by atoms with Crippen molar-refractivity contribution in [1.29, 1.82) is 5.26 Å². The van der Waals surface area contributed by atoms with E-state index in [-0.39, 0.29) is 11.8 Å². The minimum atomic E-state index is 0.00127.